The van der Waals surface area contributed by atoms with Crippen molar-refractivity contribution in [1.82, 2.24) is 0 Å². The molecule has 0 radical (unpaired) electrons. The standard InChI is InChI=1S/C20H10BBrO2/c21-11-5-9-1-3-14-19-17(9)15(7-11)23-13-4-2-10-6-12(22)8-16(24-14)18(10)20(13)19/h1-8H,21H2. The molecule has 0 aromatic heterocycles. The van der Waals surface area contributed by atoms with Crippen molar-refractivity contribution >= 4 is 73.1 Å². The third kappa shape index (κ3) is 1.47. The minimum atomic E-state index is 0.877. The Morgan fingerprint density at radius 3 is 1.92 bits per heavy atom. The number of rotatable bonds is 0. The molecule has 0 atom stereocenters. The van der Waals surface area contributed by atoms with E-state index in [4.69, 9.17) is 8.83 Å². The molecule has 0 amide bonds. The lowest BCUT2D eigenvalue weighted by molar-refractivity contribution is 0.646. The SMILES string of the molecule is Bc1cc2ccc3oc4cc(Br)cc5ccc6oc(c1)c2c3-c6c54. The number of benzene rings is 4. The smallest absolute Gasteiger partial charge is 0.139 e. The summed E-state index contributed by atoms with van der Waals surface area (Å²) in [5, 5.41) is 4.61. The Bertz CT molecular complexity index is 1270. The fourth-order valence-corrected chi connectivity index (χ4v) is 4.44. The maximum absolute atomic E-state index is 6.28. The second-order valence-corrected chi connectivity index (χ2v) is 7.36. The molecule has 0 fully saturated rings. The molecule has 0 N–H and O–H groups in total. The number of hydrogen-bond acceptors (Lipinski definition) is 2. The van der Waals surface area contributed by atoms with Gasteiger partial charge in [0.05, 0.1) is 0 Å². The van der Waals surface area contributed by atoms with Crippen LogP contribution in [0.25, 0.3) is 55.0 Å². The highest BCUT2D eigenvalue weighted by molar-refractivity contribution is 9.10. The largest absolute Gasteiger partial charge is 0.456 e. The average molecular weight is 373 g/mol. The van der Waals surface area contributed by atoms with Gasteiger partial charge in [-0.05, 0) is 41.1 Å². The van der Waals surface area contributed by atoms with E-state index in [0.29, 0.717) is 0 Å². The molecule has 4 aromatic carbocycles. The van der Waals surface area contributed by atoms with Crippen LogP contribution in [0.2, 0.25) is 0 Å². The Balaban J connectivity index is 2.04. The summed E-state index contributed by atoms with van der Waals surface area (Å²) in [6.45, 7) is 0. The molecule has 0 aliphatic carbocycles. The third-order valence-electron chi connectivity index (χ3n) is 4.89. The molecule has 4 heteroatoms. The minimum absolute atomic E-state index is 0.877. The lowest BCUT2D eigenvalue weighted by Gasteiger charge is -2.19. The Morgan fingerprint density at radius 1 is 0.667 bits per heavy atom. The van der Waals surface area contributed by atoms with E-state index in [0.717, 1.165) is 54.1 Å². The normalized spacial score (nSPS) is 12.5. The van der Waals surface area contributed by atoms with Gasteiger partial charge < -0.3 is 8.83 Å². The Hall–Kier alpha value is -2.46. The van der Waals surface area contributed by atoms with Gasteiger partial charge in [0.25, 0.3) is 0 Å². The second-order valence-electron chi connectivity index (χ2n) is 6.44. The molecule has 24 heavy (non-hydrogen) atoms. The molecule has 2 nitrogen and oxygen atoms in total. The van der Waals surface area contributed by atoms with Crippen LogP contribution in [0.5, 0.6) is 0 Å². The van der Waals surface area contributed by atoms with Gasteiger partial charge in [-0.3, -0.25) is 0 Å². The summed E-state index contributed by atoms with van der Waals surface area (Å²) >= 11 is 3.58. The van der Waals surface area contributed by atoms with Crippen molar-refractivity contribution < 1.29 is 8.83 Å². The van der Waals surface area contributed by atoms with E-state index in [1.807, 2.05) is 6.07 Å². The van der Waals surface area contributed by atoms with Crippen molar-refractivity contribution in [2.45, 2.75) is 0 Å². The molecule has 2 heterocycles. The molecule has 0 unspecified atom stereocenters. The predicted molar refractivity (Wildman–Crippen MR) is 105 cm³/mol. The Morgan fingerprint density at radius 2 is 1.25 bits per heavy atom. The van der Waals surface area contributed by atoms with Crippen LogP contribution in [0.15, 0.2) is 61.8 Å². The molecule has 2 aliphatic heterocycles. The molecule has 4 aromatic rings. The van der Waals surface area contributed by atoms with Crippen molar-refractivity contribution in [3.8, 4) is 11.1 Å². The van der Waals surface area contributed by atoms with E-state index in [-0.39, 0.29) is 0 Å². The fourth-order valence-electron chi connectivity index (χ4n) is 3.99. The van der Waals surface area contributed by atoms with Gasteiger partial charge in [0.15, 0.2) is 0 Å². The van der Waals surface area contributed by atoms with E-state index in [1.165, 1.54) is 10.8 Å². The van der Waals surface area contributed by atoms with Gasteiger partial charge >= 0.3 is 0 Å². The Kier molecular flexibility index (Phi) is 2.23. The monoisotopic (exact) mass is 372 g/mol. The highest BCUT2D eigenvalue weighted by atomic mass is 79.9. The molecule has 0 bridgehead atoms. The van der Waals surface area contributed by atoms with Crippen LogP contribution in [0.3, 0.4) is 0 Å². The first-order valence-electron chi connectivity index (χ1n) is 7.89. The molecule has 112 valence electrons. The van der Waals surface area contributed by atoms with Crippen molar-refractivity contribution in [3.63, 3.8) is 0 Å². The van der Waals surface area contributed by atoms with E-state index in [9.17, 15) is 0 Å². The number of hydrogen-bond donors (Lipinski definition) is 0. The lowest BCUT2D eigenvalue weighted by Crippen LogP contribution is -2.03. The Labute approximate surface area is 146 Å². The van der Waals surface area contributed by atoms with Gasteiger partial charge in [0, 0.05) is 26.4 Å². The first kappa shape index (κ1) is 12.9. The quantitative estimate of drug-likeness (QED) is 0.212. The highest BCUT2D eigenvalue weighted by Gasteiger charge is 2.24. The molecule has 6 rings (SSSR count). The zero-order chi connectivity index (χ0) is 16.0. The average Bonchev–Trinajstić information content (AvgIpc) is 2.56. The van der Waals surface area contributed by atoms with Crippen LogP contribution >= 0.6 is 15.9 Å². The van der Waals surface area contributed by atoms with Crippen LogP contribution in [-0.2, 0) is 0 Å². The maximum Gasteiger partial charge on any atom is 0.139 e. The van der Waals surface area contributed by atoms with Crippen LogP contribution in [0.1, 0.15) is 0 Å². The zero-order valence-electron chi connectivity index (χ0n) is 12.8. The van der Waals surface area contributed by atoms with Gasteiger partial charge in [-0.25, -0.2) is 0 Å². The van der Waals surface area contributed by atoms with E-state index < -0.39 is 0 Å². The summed E-state index contributed by atoms with van der Waals surface area (Å²) in [6.07, 6.45) is 0. The first-order valence-corrected chi connectivity index (χ1v) is 8.68. The molecular weight excluding hydrogens is 363 g/mol. The molecular formula is C20H10BBrO2. The van der Waals surface area contributed by atoms with Crippen LogP contribution in [0.4, 0.5) is 0 Å². The van der Waals surface area contributed by atoms with Crippen LogP contribution in [-0.4, -0.2) is 7.85 Å². The summed E-state index contributed by atoms with van der Waals surface area (Å²) < 4.78 is 13.6. The molecule has 0 saturated heterocycles. The van der Waals surface area contributed by atoms with Gasteiger partial charge in [-0.15, -0.1) is 0 Å². The maximum atomic E-state index is 6.28. The van der Waals surface area contributed by atoms with Crippen molar-refractivity contribution in [2.24, 2.45) is 0 Å². The summed E-state index contributed by atoms with van der Waals surface area (Å²) in [5.41, 5.74) is 7.10. The van der Waals surface area contributed by atoms with Crippen molar-refractivity contribution in [1.29, 1.82) is 0 Å². The molecule has 0 saturated carbocycles. The highest BCUT2D eigenvalue weighted by Crippen LogP contribution is 2.48. The summed E-state index contributed by atoms with van der Waals surface area (Å²) in [6, 6.07) is 16.8. The van der Waals surface area contributed by atoms with E-state index >= 15 is 0 Å². The number of halogens is 1. The lowest BCUT2D eigenvalue weighted by atomic mass is 9.87. The van der Waals surface area contributed by atoms with Gasteiger partial charge in [-0.1, -0.05) is 39.6 Å². The zero-order valence-corrected chi connectivity index (χ0v) is 14.4. The topological polar surface area (TPSA) is 26.3 Å². The predicted octanol–water partition coefficient (Wildman–Crippen LogP) is 5.05. The summed E-state index contributed by atoms with van der Waals surface area (Å²) in [7, 11) is 2.10. The first-order chi connectivity index (χ1) is 11.7. The summed E-state index contributed by atoms with van der Waals surface area (Å²) in [5.74, 6) is 0. The van der Waals surface area contributed by atoms with Crippen molar-refractivity contribution in [2.75, 3.05) is 0 Å². The molecule has 2 aliphatic rings. The van der Waals surface area contributed by atoms with Crippen LogP contribution < -0.4 is 5.46 Å². The third-order valence-corrected chi connectivity index (χ3v) is 5.34. The fraction of sp³-hybridized carbons (Fsp3) is 0. The van der Waals surface area contributed by atoms with Gasteiger partial charge in [-0.2, -0.15) is 0 Å². The van der Waals surface area contributed by atoms with Crippen molar-refractivity contribution in [3.05, 3.63) is 53.0 Å². The second kappa shape index (κ2) is 4.14. The van der Waals surface area contributed by atoms with E-state index in [1.54, 1.807) is 0 Å². The summed E-state index contributed by atoms with van der Waals surface area (Å²) in [4.78, 5) is 0. The van der Waals surface area contributed by atoms with Gasteiger partial charge in [0.2, 0.25) is 0 Å². The molecule has 0 spiro atoms. The van der Waals surface area contributed by atoms with Crippen LogP contribution in [0, 0.1) is 0 Å². The van der Waals surface area contributed by atoms with E-state index in [2.05, 4.69) is 66.2 Å². The van der Waals surface area contributed by atoms with Gasteiger partial charge in [0.1, 0.15) is 30.2 Å². The minimum Gasteiger partial charge on any atom is -0.456 e.